The summed E-state index contributed by atoms with van der Waals surface area (Å²) >= 11 is 0. The van der Waals surface area contributed by atoms with Crippen LogP contribution in [0, 0.1) is 6.92 Å². The van der Waals surface area contributed by atoms with Crippen LogP contribution >= 0.6 is 0 Å². The summed E-state index contributed by atoms with van der Waals surface area (Å²) in [4.78, 5) is 29.7. The molecule has 1 aliphatic rings. The third-order valence-corrected chi connectivity index (χ3v) is 6.62. The molecule has 1 N–H and O–H groups in total. The minimum absolute atomic E-state index is 0.134. The Kier molecular flexibility index (Phi) is 5.54. The van der Waals surface area contributed by atoms with Gasteiger partial charge in [-0.25, -0.2) is 4.98 Å². The molecule has 1 aliphatic carbocycles. The van der Waals surface area contributed by atoms with Gasteiger partial charge in [-0.3, -0.25) is 9.59 Å². The second kappa shape index (κ2) is 8.65. The largest absolute Gasteiger partial charge is 0.480 e. The summed E-state index contributed by atoms with van der Waals surface area (Å²) in [5.74, 6) is 0.00103. The number of carboxylic acid groups (broad SMARTS) is 1. The lowest BCUT2D eigenvalue weighted by Crippen LogP contribution is -2.25. The van der Waals surface area contributed by atoms with Crippen molar-refractivity contribution in [1.82, 2.24) is 14.2 Å². The highest BCUT2D eigenvalue weighted by Gasteiger charge is 2.22. The number of nitrogens with zero attached hydrogens (tertiary/aromatic N) is 4. The Morgan fingerprint density at radius 3 is 2.55 bits per heavy atom. The summed E-state index contributed by atoms with van der Waals surface area (Å²) in [5, 5.41) is 15.5. The number of aliphatic carboxylic acids is 1. The molecule has 5 rings (SSSR count). The van der Waals surface area contributed by atoms with Crippen LogP contribution in [0.4, 0.5) is 0 Å². The number of para-hydroxylation sites is 2. The first-order valence-corrected chi connectivity index (χ1v) is 11.4. The number of carboxylic acids is 1. The summed E-state index contributed by atoms with van der Waals surface area (Å²) in [6.45, 7) is 1.75. The van der Waals surface area contributed by atoms with E-state index in [0.29, 0.717) is 16.7 Å². The van der Waals surface area contributed by atoms with E-state index in [-0.39, 0.29) is 18.0 Å². The van der Waals surface area contributed by atoms with Crippen LogP contribution in [0.25, 0.3) is 21.8 Å². The number of fused-ring (bicyclic) bond motifs is 2. The van der Waals surface area contributed by atoms with Gasteiger partial charge in [0, 0.05) is 28.1 Å². The van der Waals surface area contributed by atoms with Crippen LogP contribution < -0.4 is 5.56 Å². The number of hydrogen-bond acceptors (Lipinski definition) is 4. The van der Waals surface area contributed by atoms with Crippen molar-refractivity contribution in [2.75, 3.05) is 0 Å². The Bertz CT molecular complexity index is 1440. The summed E-state index contributed by atoms with van der Waals surface area (Å²) in [6.07, 6.45) is 7.13. The van der Waals surface area contributed by atoms with E-state index < -0.39 is 5.97 Å². The van der Waals surface area contributed by atoms with Crippen molar-refractivity contribution in [3.63, 3.8) is 0 Å². The van der Waals surface area contributed by atoms with Crippen molar-refractivity contribution in [2.45, 2.75) is 51.5 Å². The molecule has 1 saturated carbocycles. The lowest BCUT2D eigenvalue weighted by molar-refractivity contribution is -0.137. The van der Waals surface area contributed by atoms with Gasteiger partial charge in [-0.05, 0) is 38.0 Å². The summed E-state index contributed by atoms with van der Waals surface area (Å²) < 4.78 is 3.23. The van der Waals surface area contributed by atoms with Gasteiger partial charge in [-0.2, -0.15) is 9.78 Å². The lowest BCUT2D eigenvalue weighted by Gasteiger charge is -2.22. The molecule has 0 radical (unpaired) electrons. The molecule has 2 aromatic heterocycles. The highest BCUT2D eigenvalue weighted by Crippen LogP contribution is 2.32. The van der Waals surface area contributed by atoms with Crippen LogP contribution in [0.1, 0.15) is 55.1 Å². The first-order chi connectivity index (χ1) is 16.0. The van der Waals surface area contributed by atoms with Crippen LogP contribution in [-0.4, -0.2) is 31.5 Å². The molecule has 2 aromatic carbocycles. The molecule has 4 aromatic rings. The van der Waals surface area contributed by atoms with E-state index >= 15 is 0 Å². The molecular weight excluding hydrogens is 416 g/mol. The van der Waals surface area contributed by atoms with Gasteiger partial charge in [-0.1, -0.05) is 49.6 Å². The molecule has 2 heterocycles. The van der Waals surface area contributed by atoms with E-state index in [4.69, 9.17) is 4.98 Å². The summed E-state index contributed by atoms with van der Waals surface area (Å²) in [5.41, 5.74) is 2.95. The monoisotopic (exact) mass is 442 g/mol. The Balaban J connectivity index is 1.68. The van der Waals surface area contributed by atoms with Gasteiger partial charge in [0.1, 0.15) is 12.4 Å². The molecule has 33 heavy (non-hydrogen) atoms. The molecule has 0 unspecified atom stereocenters. The standard InChI is InChI=1S/C26H26N4O3/c1-17-21(19-11-6-8-14-23(19)29(17)16-24(31)32)15-27-30-25(18-9-3-2-4-10-18)28-22-13-7-5-12-20(22)26(30)33/h5-8,11-15,18H,2-4,9-10,16H2,1H3,(H,31,32). The van der Waals surface area contributed by atoms with Crippen LogP contribution in [0.3, 0.4) is 0 Å². The number of benzene rings is 2. The first kappa shape index (κ1) is 21.1. The van der Waals surface area contributed by atoms with Crippen molar-refractivity contribution in [1.29, 1.82) is 0 Å². The van der Waals surface area contributed by atoms with Crippen molar-refractivity contribution < 1.29 is 9.90 Å². The minimum atomic E-state index is -0.906. The van der Waals surface area contributed by atoms with Gasteiger partial charge in [0.25, 0.3) is 5.56 Å². The maximum absolute atomic E-state index is 13.4. The average Bonchev–Trinajstić information content (AvgIpc) is 3.09. The molecular formula is C26H26N4O3. The van der Waals surface area contributed by atoms with Crippen LogP contribution in [0.15, 0.2) is 58.4 Å². The predicted molar refractivity (Wildman–Crippen MR) is 129 cm³/mol. The first-order valence-electron chi connectivity index (χ1n) is 11.4. The second-order valence-corrected chi connectivity index (χ2v) is 8.68. The Morgan fingerprint density at radius 2 is 1.79 bits per heavy atom. The van der Waals surface area contributed by atoms with Crippen molar-refractivity contribution >= 4 is 34.0 Å². The number of hydrogen-bond donors (Lipinski definition) is 1. The van der Waals surface area contributed by atoms with Gasteiger partial charge in [0.2, 0.25) is 0 Å². The fourth-order valence-corrected chi connectivity index (χ4v) is 4.95. The number of carbonyl (C=O) groups is 1. The maximum atomic E-state index is 13.4. The van der Waals surface area contributed by atoms with E-state index in [9.17, 15) is 14.7 Å². The van der Waals surface area contributed by atoms with Crippen LogP contribution in [0.2, 0.25) is 0 Å². The fraction of sp³-hybridized carbons (Fsp3) is 0.308. The smallest absolute Gasteiger partial charge is 0.323 e. The molecule has 1 fully saturated rings. The molecule has 0 atom stereocenters. The molecule has 0 amide bonds. The van der Waals surface area contributed by atoms with E-state index in [2.05, 4.69) is 5.10 Å². The predicted octanol–water partition coefficient (Wildman–Crippen LogP) is 4.67. The summed E-state index contributed by atoms with van der Waals surface area (Å²) in [6, 6.07) is 15.1. The highest BCUT2D eigenvalue weighted by molar-refractivity contribution is 6.01. The molecule has 168 valence electrons. The van der Waals surface area contributed by atoms with E-state index in [1.165, 1.54) is 11.1 Å². The third kappa shape index (κ3) is 3.84. The molecule has 7 heteroatoms. The number of rotatable bonds is 5. The van der Waals surface area contributed by atoms with Crippen LogP contribution in [-0.2, 0) is 11.3 Å². The zero-order valence-electron chi connectivity index (χ0n) is 18.6. The zero-order valence-corrected chi connectivity index (χ0v) is 18.6. The zero-order chi connectivity index (χ0) is 22.9. The number of aromatic nitrogens is 3. The average molecular weight is 443 g/mol. The van der Waals surface area contributed by atoms with Crippen molar-refractivity contribution in [3.8, 4) is 0 Å². The van der Waals surface area contributed by atoms with Crippen molar-refractivity contribution in [3.05, 3.63) is 76.0 Å². The molecule has 0 aliphatic heterocycles. The van der Waals surface area contributed by atoms with Gasteiger partial charge in [-0.15, -0.1) is 0 Å². The fourth-order valence-electron chi connectivity index (χ4n) is 4.95. The molecule has 7 nitrogen and oxygen atoms in total. The van der Waals surface area contributed by atoms with Crippen molar-refractivity contribution in [2.24, 2.45) is 5.10 Å². The van der Waals surface area contributed by atoms with E-state index in [1.54, 1.807) is 16.8 Å². The Labute approximate surface area is 191 Å². The van der Waals surface area contributed by atoms with E-state index in [1.807, 2.05) is 49.4 Å². The minimum Gasteiger partial charge on any atom is -0.480 e. The Hall–Kier alpha value is -3.74. The quantitative estimate of drug-likeness (QED) is 0.455. The van der Waals surface area contributed by atoms with Gasteiger partial charge in [0.05, 0.1) is 17.1 Å². The SMILES string of the molecule is Cc1c(C=Nn2c(C3CCCCC3)nc3ccccc3c2=O)c2ccccc2n1CC(=O)O. The Morgan fingerprint density at radius 1 is 1.09 bits per heavy atom. The second-order valence-electron chi connectivity index (χ2n) is 8.68. The van der Waals surface area contributed by atoms with Gasteiger partial charge in [0.15, 0.2) is 0 Å². The topological polar surface area (TPSA) is 89.5 Å². The van der Waals surface area contributed by atoms with Gasteiger partial charge >= 0.3 is 5.97 Å². The lowest BCUT2D eigenvalue weighted by atomic mass is 9.88. The summed E-state index contributed by atoms with van der Waals surface area (Å²) in [7, 11) is 0. The van der Waals surface area contributed by atoms with E-state index in [0.717, 1.165) is 47.8 Å². The van der Waals surface area contributed by atoms with Gasteiger partial charge < -0.3 is 9.67 Å². The van der Waals surface area contributed by atoms with Crippen LogP contribution in [0.5, 0.6) is 0 Å². The molecule has 0 saturated heterocycles. The normalized spacial score (nSPS) is 15.1. The molecule has 0 spiro atoms. The highest BCUT2D eigenvalue weighted by atomic mass is 16.4. The molecule has 0 bridgehead atoms. The third-order valence-electron chi connectivity index (χ3n) is 6.62. The maximum Gasteiger partial charge on any atom is 0.323 e.